The van der Waals surface area contributed by atoms with Crippen molar-refractivity contribution in [1.82, 2.24) is 4.90 Å². The first-order chi connectivity index (χ1) is 16.8. The number of benzene rings is 2. The third-order valence-corrected chi connectivity index (χ3v) is 5.64. The topological polar surface area (TPSA) is 65.1 Å². The van der Waals surface area contributed by atoms with Crippen LogP contribution in [0.4, 0.5) is 4.79 Å². The van der Waals surface area contributed by atoms with Crippen molar-refractivity contribution in [3.8, 4) is 0 Å². The summed E-state index contributed by atoms with van der Waals surface area (Å²) in [6.07, 6.45) is 6.04. The number of hydrogen-bond acceptors (Lipinski definition) is 5. The smallest absolute Gasteiger partial charge is 0.411 e. The van der Waals surface area contributed by atoms with Crippen LogP contribution in [0, 0.1) is 5.92 Å². The molecule has 3 rings (SSSR count). The van der Waals surface area contributed by atoms with E-state index >= 15 is 0 Å². The summed E-state index contributed by atoms with van der Waals surface area (Å²) in [5, 5.41) is 0. The van der Waals surface area contributed by atoms with Gasteiger partial charge in [-0.15, -0.1) is 0 Å². The Morgan fingerprint density at radius 3 is 2.23 bits per heavy atom. The van der Waals surface area contributed by atoms with Gasteiger partial charge in [0.1, 0.15) is 18.2 Å². The molecular formula is C29H37NO5. The molecule has 188 valence electrons. The average molecular weight is 480 g/mol. The van der Waals surface area contributed by atoms with E-state index in [1.807, 2.05) is 69.3 Å². The monoisotopic (exact) mass is 479 g/mol. The first kappa shape index (κ1) is 26.5. The first-order valence-electron chi connectivity index (χ1n) is 12.3. The van der Waals surface area contributed by atoms with Crippen molar-refractivity contribution in [2.24, 2.45) is 5.92 Å². The normalized spacial score (nSPS) is 18.1. The second kappa shape index (κ2) is 13.1. The lowest BCUT2D eigenvalue weighted by Gasteiger charge is -2.27. The van der Waals surface area contributed by atoms with Crippen LogP contribution in [0.5, 0.6) is 0 Å². The zero-order valence-corrected chi connectivity index (χ0v) is 21.0. The summed E-state index contributed by atoms with van der Waals surface area (Å²) < 4.78 is 16.8. The molecule has 1 heterocycles. The zero-order chi connectivity index (χ0) is 25.1. The van der Waals surface area contributed by atoms with Gasteiger partial charge >= 0.3 is 12.1 Å². The lowest BCUT2D eigenvalue weighted by Crippen LogP contribution is -2.44. The van der Waals surface area contributed by atoms with Gasteiger partial charge in [-0.1, -0.05) is 72.8 Å². The molecule has 0 unspecified atom stereocenters. The number of hydrogen-bond donors (Lipinski definition) is 0. The largest absolute Gasteiger partial charge is 0.459 e. The molecule has 0 aromatic heterocycles. The molecule has 1 saturated heterocycles. The Hall–Kier alpha value is -3.12. The molecule has 1 aliphatic heterocycles. The van der Waals surface area contributed by atoms with E-state index in [9.17, 15) is 9.59 Å². The Balaban J connectivity index is 1.49. The Labute approximate surface area is 208 Å². The van der Waals surface area contributed by atoms with E-state index in [1.165, 1.54) is 10.5 Å². The number of allylic oxidation sites excluding steroid dienone is 1. The summed E-state index contributed by atoms with van der Waals surface area (Å²) >= 11 is 0. The fourth-order valence-corrected chi connectivity index (χ4v) is 3.93. The Bertz CT molecular complexity index is 952. The van der Waals surface area contributed by atoms with Gasteiger partial charge in [0.2, 0.25) is 0 Å². The maximum absolute atomic E-state index is 12.9. The van der Waals surface area contributed by atoms with Gasteiger partial charge in [-0.3, -0.25) is 4.90 Å². The van der Waals surface area contributed by atoms with Gasteiger partial charge in [0, 0.05) is 13.2 Å². The number of likely N-dealkylation sites (tertiary alicyclic amines) is 1. The molecule has 0 aliphatic carbocycles. The fourth-order valence-electron chi connectivity index (χ4n) is 3.93. The number of carbonyl (C=O) groups is 2. The predicted molar refractivity (Wildman–Crippen MR) is 136 cm³/mol. The van der Waals surface area contributed by atoms with E-state index in [-0.39, 0.29) is 12.5 Å². The molecule has 6 nitrogen and oxygen atoms in total. The lowest BCUT2D eigenvalue weighted by atomic mass is 10.0. The van der Waals surface area contributed by atoms with Crippen LogP contribution >= 0.6 is 0 Å². The zero-order valence-electron chi connectivity index (χ0n) is 21.0. The van der Waals surface area contributed by atoms with Crippen molar-refractivity contribution < 1.29 is 23.8 Å². The summed E-state index contributed by atoms with van der Waals surface area (Å²) in [6.45, 7) is 7.37. The number of ether oxygens (including phenoxy) is 3. The summed E-state index contributed by atoms with van der Waals surface area (Å²) in [5.41, 5.74) is 1.44. The van der Waals surface area contributed by atoms with Crippen LogP contribution in [0.3, 0.4) is 0 Å². The third-order valence-electron chi connectivity index (χ3n) is 5.64. The Morgan fingerprint density at radius 1 is 0.971 bits per heavy atom. The average Bonchev–Trinajstić information content (AvgIpc) is 3.27. The van der Waals surface area contributed by atoms with E-state index < -0.39 is 23.7 Å². The number of nitrogens with zero attached hydrogens (tertiary/aromatic N) is 1. The minimum atomic E-state index is -0.655. The minimum Gasteiger partial charge on any atom is -0.459 e. The highest BCUT2D eigenvalue weighted by Gasteiger charge is 2.41. The molecule has 0 spiro atoms. The van der Waals surface area contributed by atoms with Gasteiger partial charge < -0.3 is 14.2 Å². The third kappa shape index (κ3) is 9.21. The second-order valence-electron chi connectivity index (χ2n) is 9.85. The molecule has 6 heteroatoms. The lowest BCUT2D eigenvalue weighted by molar-refractivity contribution is -0.150. The molecule has 0 N–H and O–H groups in total. The predicted octanol–water partition coefficient (Wildman–Crippen LogP) is 5.91. The van der Waals surface area contributed by atoms with Crippen molar-refractivity contribution in [1.29, 1.82) is 0 Å². The van der Waals surface area contributed by atoms with Crippen molar-refractivity contribution in [2.75, 3.05) is 13.2 Å². The second-order valence-corrected chi connectivity index (χ2v) is 9.85. The van der Waals surface area contributed by atoms with Crippen LogP contribution in [-0.4, -0.2) is 41.8 Å². The number of amides is 1. The summed E-state index contributed by atoms with van der Waals surface area (Å²) in [4.78, 5) is 27.2. The van der Waals surface area contributed by atoms with Crippen LogP contribution in [0.15, 0.2) is 72.8 Å². The maximum atomic E-state index is 12.9. The summed E-state index contributed by atoms with van der Waals surface area (Å²) in [6, 6.07) is 19.0. The number of esters is 1. The standard InChI is InChI=1S/C29H37NO5/c1-29(2,3)35-28(32)30-20-25(17-11-6-12-18-33-21-23-13-7-4-8-14-23)19-26(30)27(31)34-22-24-15-9-5-10-16-24/h4-5,7-11,13-17,25-26H,6,12,18-22H2,1-3H3/b17-11-/t25-,26-/m0/s1. The number of carbonyl (C=O) groups excluding carboxylic acids is 2. The van der Waals surface area contributed by atoms with Crippen molar-refractivity contribution in [3.05, 3.63) is 83.9 Å². The van der Waals surface area contributed by atoms with Crippen LogP contribution < -0.4 is 0 Å². The van der Waals surface area contributed by atoms with Crippen LogP contribution in [0.1, 0.15) is 51.2 Å². The SMILES string of the molecule is CC(C)(C)OC(=O)N1C[C@@H](/C=C\CCCOCc2ccccc2)C[C@H]1C(=O)OCc1ccccc1. The number of rotatable bonds is 10. The van der Waals surface area contributed by atoms with E-state index in [0.717, 1.165) is 18.4 Å². The molecule has 0 radical (unpaired) electrons. The maximum Gasteiger partial charge on any atom is 0.411 e. The molecule has 2 atom stereocenters. The Kier molecular flexibility index (Phi) is 9.91. The molecule has 35 heavy (non-hydrogen) atoms. The molecule has 2 aromatic rings. The van der Waals surface area contributed by atoms with Crippen molar-refractivity contribution in [3.63, 3.8) is 0 Å². The van der Waals surface area contributed by atoms with Gasteiger partial charge in [0.15, 0.2) is 0 Å². The van der Waals surface area contributed by atoms with E-state index in [2.05, 4.69) is 24.3 Å². The highest BCUT2D eigenvalue weighted by molar-refractivity contribution is 5.82. The first-order valence-corrected chi connectivity index (χ1v) is 12.3. The van der Waals surface area contributed by atoms with Crippen LogP contribution in [-0.2, 0) is 32.2 Å². The van der Waals surface area contributed by atoms with Gasteiger partial charge in [-0.2, -0.15) is 0 Å². The van der Waals surface area contributed by atoms with E-state index in [4.69, 9.17) is 14.2 Å². The summed E-state index contributed by atoms with van der Waals surface area (Å²) in [7, 11) is 0. The molecule has 0 bridgehead atoms. The van der Waals surface area contributed by atoms with Crippen molar-refractivity contribution >= 4 is 12.1 Å². The highest BCUT2D eigenvalue weighted by atomic mass is 16.6. The Morgan fingerprint density at radius 2 is 1.60 bits per heavy atom. The van der Waals surface area contributed by atoms with Crippen LogP contribution in [0.2, 0.25) is 0 Å². The molecule has 1 amide bonds. The van der Waals surface area contributed by atoms with E-state index in [0.29, 0.717) is 26.2 Å². The van der Waals surface area contributed by atoms with Gasteiger partial charge in [-0.25, -0.2) is 9.59 Å². The van der Waals surface area contributed by atoms with Crippen LogP contribution in [0.25, 0.3) is 0 Å². The van der Waals surface area contributed by atoms with Gasteiger partial charge in [0.25, 0.3) is 0 Å². The van der Waals surface area contributed by atoms with Crippen molar-refractivity contribution in [2.45, 2.75) is 64.9 Å². The molecular weight excluding hydrogens is 442 g/mol. The number of unbranched alkanes of at least 4 members (excludes halogenated alkanes) is 1. The molecule has 0 saturated carbocycles. The minimum absolute atomic E-state index is 0.0713. The molecule has 2 aromatic carbocycles. The summed E-state index contributed by atoms with van der Waals surface area (Å²) in [5.74, 6) is -0.327. The quantitative estimate of drug-likeness (QED) is 0.241. The molecule has 1 fully saturated rings. The van der Waals surface area contributed by atoms with Gasteiger partial charge in [0.05, 0.1) is 6.61 Å². The molecule has 1 aliphatic rings. The fraction of sp³-hybridized carbons (Fsp3) is 0.448. The van der Waals surface area contributed by atoms with Gasteiger partial charge in [-0.05, 0) is 57.1 Å². The highest BCUT2D eigenvalue weighted by Crippen LogP contribution is 2.28. The van der Waals surface area contributed by atoms with E-state index in [1.54, 1.807) is 0 Å².